The van der Waals surface area contributed by atoms with Crippen LogP contribution in [0.1, 0.15) is 5.56 Å². The third-order valence-electron chi connectivity index (χ3n) is 0.967. The quantitative estimate of drug-likeness (QED) is 0.745. The summed E-state index contributed by atoms with van der Waals surface area (Å²) in [4.78, 5) is 0. The molecule has 1 rings (SSSR count). The monoisotopic (exact) mass is 298 g/mol. The van der Waals surface area contributed by atoms with Crippen LogP contribution in [0.5, 0.6) is 0 Å². The standard InChI is InChI=1S/C8H7.Pt/c1-2-8-6-4-3-5-7-8;/h2-4,6-7H,1H2;. The first-order valence-electron chi connectivity index (χ1n) is 2.52. The zero-order valence-corrected chi connectivity index (χ0v) is 7.18. The van der Waals surface area contributed by atoms with Crippen LogP contribution in [0.2, 0.25) is 0 Å². The van der Waals surface area contributed by atoms with Gasteiger partial charge in [0.05, 0.1) is 0 Å². The van der Waals surface area contributed by atoms with Gasteiger partial charge in [-0.3, -0.25) is 0 Å². The van der Waals surface area contributed by atoms with Gasteiger partial charge in [0.1, 0.15) is 0 Å². The van der Waals surface area contributed by atoms with Crippen LogP contribution >= 0.6 is 0 Å². The zero-order valence-electron chi connectivity index (χ0n) is 4.91. The molecule has 0 aliphatic rings. The number of benzene rings is 1. The van der Waals surface area contributed by atoms with Gasteiger partial charge in [0.15, 0.2) is 0 Å². The van der Waals surface area contributed by atoms with Crippen LogP contribution in [-0.4, -0.2) is 0 Å². The van der Waals surface area contributed by atoms with Crippen molar-refractivity contribution in [2.45, 2.75) is 0 Å². The molecule has 0 saturated heterocycles. The maximum atomic E-state index is 3.61. The molecule has 0 aliphatic carbocycles. The molecule has 0 saturated carbocycles. The predicted molar refractivity (Wildman–Crippen MR) is 35.4 cm³/mol. The summed E-state index contributed by atoms with van der Waals surface area (Å²) in [6.45, 7) is 3.61. The van der Waals surface area contributed by atoms with Crippen molar-refractivity contribution in [1.29, 1.82) is 0 Å². The maximum Gasteiger partial charge on any atom is 0 e. The summed E-state index contributed by atoms with van der Waals surface area (Å²) in [5.74, 6) is 0. The molecule has 0 N–H and O–H groups in total. The van der Waals surface area contributed by atoms with Crippen LogP contribution < -0.4 is 0 Å². The zero-order chi connectivity index (χ0) is 5.82. The van der Waals surface area contributed by atoms with E-state index in [0.29, 0.717) is 0 Å². The Morgan fingerprint density at radius 3 is 2.67 bits per heavy atom. The van der Waals surface area contributed by atoms with Crippen LogP contribution in [0.15, 0.2) is 30.8 Å². The number of hydrogen-bond donors (Lipinski definition) is 0. The van der Waals surface area contributed by atoms with Gasteiger partial charge >= 0.3 is 0 Å². The second-order valence-electron chi connectivity index (χ2n) is 1.54. The SMILES string of the molecule is C=Cc1c[c]ccc1.[Pt]. The Hall–Kier alpha value is -0.352. The first-order chi connectivity index (χ1) is 3.93. The Labute approximate surface area is 69.9 Å². The van der Waals surface area contributed by atoms with Crippen molar-refractivity contribution in [1.82, 2.24) is 0 Å². The molecule has 0 bridgehead atoms. The van der Waals surface area contributed by atoms with E-state index in [2.05, 4.69) is 12.6 Å². The number of rotatable bonds is 1. The van der Waals surface area contributed by atoms with E-state index in [4.69, 9.17) is 0 Å². The largest absolute Gasteiger partial charge is 0.0985 e. The minimum atomic E-state index is 0. The van der Waals surface area contributed by atoms with Gasteiger partial charge in [-0.25, -0.2) is 0 Å². The predicted octanol–water partition coefficient (Wildman–Crippen LogP) is 2.13. The van der Waals surface area contributed by atoms with Gasteiger partial charge in [-0.05, 0) is 17.7 Å². The molecule has 0 fully saturated rings. The first-order valence-corrected chi connectivity index (χ1v) is 2.52. The Morgan fingerprint density at radius 2 is 2.33 bits per heavy atom. The van der Waals surface area contributed by atoms with Gasteiger partial charge in [0.2, 0.25) is 0 Å². The minimum Gasteiger partial charge on any atom is -0.0985 e. The average Bonchev–Trinajstić information content (AvgIpc) is 1.90. The summed E-state index contributed by atoms with van der Waals surface area (Å²) >= 11 is 0. The van der Waals surface area contributed by atoms with Gasteiger partial charge in [-0.1, -0.05) is 30.9 Å². The second-order valence-corrected chi connectivity index (χ2v) is 1.54. The van der Waals surface area contributed by atoms with Crippen molar-refractivity contribution in [2.24, 2.45) is 0 Å². The molecule has 0 aliphatic heterocycles. The van der Waals surface area contributed by atoms with Crippen molar-refractivity contribution in [3.05, 3.63) is 42.5 Å². The summed E-state index contributed by atoms with van der Waals surface area (Å²) in [7, 11) is 0. The van der Waals surface area contributed by atoms with Crippen LogP contribution in [0.4, 0.5) is 0 Å². The van der Waals surface area contributed by atoms with Crippen molar-refractivity contribution in [3.63, 3.8) is 0 Å². The van der Waals surface area contributed by atoms with Crippen LogP contribution in [-0.2, 0) is 21.1 Å². The Kier molecular flexibility index (Phi) is 4.34. The molecule has 49 valence electrons. The van der Waals surface area contributed by atoms with E-state index in [1.807, 2.05) is 24.3 Å². The molecular weight excluding hydrogens is 291 g/mol. The summed E-state index contributed by atoms with van der Waals surface area (Å²) in [6.07, 6.45) is 1.80. The normalized spacial score (nSPS) is 7.56. The van der Waals surface area contributed by atoms with Crippen molar-refractivity contribution < 1.29 is 21.1 Å². The number of hydrogen-bond acceptors (Lipinski definition) is 0. The summed E-state index contributed by atoms with van der Waals surface area (Å²) in [5.41, 5.74) is 1.12. The van der Waals surface area contributed by atoms with E-state index >= 15 is 0 Å². The van der Waals surface area contributed by atoms with Crippen molar-refractivity contribution in [3.8, 4) is 0 Å². The Balaban J connectivity index is 0.000000640. The minimum absolute atomic E-state index is 0. The van der Waals surface area contributed by atoms with Gasteiger partial charge in [0, 0.05) is 21.1 Å². The van der Waals surface area contributed by atoms with Crippen LogP contribution in [0, 0.1) is 6.07 Å². The van der Waals surface area contributed by atoms with E-state index in [-0.39, 0.29) is 21.1 Å². The molecule has 1 radical (unpaired) electrons. The summed E-state index contributed by atoms with van der Waals surface area (Å²) in [5, 5.41) is 0. The third kappa shape index (κ3) is 2.62. The topological polar surface area (TPSA) is 0 Å². The van der Waals surface area contributed by atoms with Crippen molar-refractivity contribution in [2.75, 3.05) is 0 Å². The molecule has 1 aromatic carbocycles. The fourth-order valence-corrected chi connectivity index (χ4v) is 0.534. The first kappa shape index (κ1) is 8.65. The molecule has 0 aromatic heterocycles. The molecule has 0 heterocycles. The second kappa shape index (κ2) is 4.52. The van der Waals surface area contributed by atoms with Gasteiger partial charge in [0.25, 0.3) is 0 Å². The third-order valence-corrected chi connectivity index (χ3v) is 0.967. The maximum absolute atomic E-state index is 3.61. The van der Waals surface area contributed by atoms with E-state index < -0.39 is 0 Å². The molecule has 1 aromatic rings. The molecule has 9 heavy (non-hydrogen) atoms. The Bertz CT molecular complexity index is 167. The smallest absolute Gasteiger partial charge is 0 e. The van der Waals surface area contributed by atoms with Gasteiger partial charge in [-0.2, -0.15) is 0 Å². The molecule has 0 unspecified atom stereocenters. The van der Waals surface area contributed by atoms with E-state index in [9.17, 15) is 0 Å². The fourth-order valence-electron chi connectivity index (χ4n) is 0.534. The van der Waals surface area contributed by atoms with Crippen LogP contribution in [0.3, 0.4) is 0 Å². The fraction of sp³-hybridized carbons (Fsp3) is 0. The van der Waals surface area contributed by atoms with Gasteiger partial charge in [-0.15, -0.1) is 0 Å². The molecular formula is C8H7Pt. The molecule has 0 atom stereocenters. The summed E-state index contributed by atoms with van der Waals surface area (Å²) < 4.78 is 0. The molecule has 0 spiro atoms. The van der Waals surface area contributed by atoms with E-state index in [0.717, 1.165) is 5.56 Å². The molecule has 1 heteroatoms. The van der Waals surface area contributed by atoms with E-state index in [1.54, 1.807) is 6.08 Å². The average molecular weight is 298 g/mol. The molecule has 0 amide bonds. The van der Waals surface area contributed by atoms with Gasteiger partial charge < -0.3 is 0 Å². The van der Waals surface area contributed by atoms with Crippen LogP contribution in [0.25, 0.3) is 6.08 Å². The van der Waals surface area contributed by atoms with E-state index in [1.165, 1.54) is 0 Å². The van der Waals surface area contributed by atoms with Crippen molar-refractivity contribution >= 4 is 6.08 Å². The Morgan fingerprint density at radius 1 is 1.56 bits per heavy atom. The summed E-state index contributed by atoms with van der Waals surface area (Å²) in [6, 6.07) is 10.6. The molecule has 0 nitrogen and oxygen atoms in total.